The largest absolute Gasteiger partial charge is 0.415 e. The smallest absolute Gasteiger partial charge is 0.345 e. The summed E-state index contributed by atoms with van der Waals surface area (Å²) in [6.07, 6.45) is 1.78. The predicted molar refractivity (Wildman–Crippen MR) is 34.0 cm³/mol. The van der Waals surface area contributed by atoms with Crippen molar-refractivity contribution in [1.29, 1.82) is 0 Å². The van der Waals surface area contributed by atoms with E-state index >= 15 is 0 Å². The second kappa shape index (κ2) is 2.62. The van der Waals surface area contributed by atoms with Crippen LogP contribution < -0.4 is 0 Å². The van der Waals surface area contributed by atoms with Crippen molar-refractivity contribution in [2.24, 2.45) is 0 Å². The van der Waals surface area contributed by atoms with Crippen molar-refractivity contribution >= 4 is 9.84 Å². The zero-order valence-corrected chi connectivity index (χ0v) is 6.80. The van der Waals surface area contributed by atoms with Crippen molar-refractivity contribution in [2.75, 3.05) is 0 Å². The number of sulfone groups is 1. The van der Waals surface area contributed by atoms with Crippen LogP contribution in [0.5, 0.6) is 0 Å². The van der Waals surface area contributed by atoms with E-state index in [2.05, 4.69) is 29.2 Å². The van der Waals surface area contributed by atoms with Crippen LogP contribution in [0.2, 0.25) is 0 Å². The zero-order valence-electron chi connectivity index (χ0n) is 5.98. The van der Waals surface area contributed by atoms with Gasteiger partial charge in [0.15, 0.2) is 0 Å². The third kappa shape index (κ3) is 1.18. The minimum absolute atomic E-state index is 0.572. The maximum atomic E-state index is 11.4. The van der Waals surface area contributed by atoms with Crippen LogP contribution in [0.1, 0.15) is 0 Å². The first-order valence-electron chi connectivity index (χ1n) is 2.98. The molecule has 0 atom stereocenters. The molecule has 0 aliphatic carbocycles. The molecule has 9 heteroatoms. The minimum atomic E-state index is -3.93. The van der Waals surface area contributed by atoms with Gasteiger partial charge >= 0.3 is 20.3 Å². The molecule has 68 valence electrons. The number of hydrogen-bond donors (Lipinski definition) is 0. The highest BCUT2D eigenvalue weighted by molar-refractivity contribution is 7.90. The Labute approximate surface area is 71.5 Å². The molecule has 13 heavy (non-hydrogen) atoms. The summed E-state index contributed by atoms with van der Waals surface area (Å²) in [5.41, 5.74) is 0. The second-order valence-electron chi connectivity index (χ2n) is 1.91. The lowest BCUT2D eigenvalue weighted by molar-refractivity contribution is 0.395. The van der Waals surface area contributed by atoms with E-state index in [-0.39, 0.29) is 0 Å². The number of nitrogens with zero attached hydrogens (tertiary/aromatic N) is 4. The molecule has 2 aromatic heterocycles. The minimum Gasteiger partial charge on any atom is -0.415 e. The van der Waals surface area contributed by atoms with E-state index in [1.165, 1.54) is 0 Å². The van der Waals surface area contributed by atoms with Crippen LogP contribution >= 0.6 is 0 Å². The van der Waals surface area contributed by atoms with E-state index < -0.39 is 20.3 Å². The van der Waals surface area contributed by atoms with Crippen molar-refractivity contribution in [3.8, 4) is 0 Å². The van der Waals surface area contributed by atoms with Crippen LogP contribution in [0.4, 0.5) is 0 Å². The lowest BCUT2D eigenvalue weighted by Gasteiger charge is -1.88. The summed E-state index contributed by atoms with van der Waals surface area (Å²) < 4.78 is 31.7. The Balaban J connectivity index is 2.56. The van der Waals surface area contributed by atoms with E-state index in [1.54, 1.807) is 0 Å². The predicted octanol–water partition coefficient (Wildman–Crippen LogP) is -0.715. The molecule has 0 radical (unpaired) electrons. The summed E-state index contributed by atoms with van der Waals surface area (Å²) in [6, 6.07) is 0. The third-order valence-corrected chi connectivity index (χ3v) is 2.42. The summed E-state index contributed by atoms with van der Waals surface area (Å²) in [5.74, 6) is 0. The molecule has 8 nitrogen and oxygen atoms in total. The Hall–Kier alpha value is -1.77. The van der Waals surface area contributed by atoms with Crippen molar-refractivity contribution in [2.45, 2.75) is 10.4 Å². The fraction of sp³-hybridized carbons (Fsp3) is 0. The van der Waals surface area contributed by atoms with E-state index in [0.717, 1.165) is 12.8 Å². The standard InChI is InChI=1S/C4H2N4O4S/c9-13(10,3-7-5-1-11-3)4-8-6-2-12-4/h1-2H. The Morgan fingerprint density at radius 2 is 1.46 bits per heavy atom. The van der Waals surface area contributed by atoms with Gasteiger partial charge in [-0.3, -0.25) is 0 Å². The Morgan fingerprint density at radius 1 is 1.00 bits per heavy atom. The van der Waals surface area contributed by atoms with Gasteiger partial charge in [0.25, 0.3) is 0 Å². The van der Waals surface area contributed by atoms with Gasteiger partial charge in [0, 0.05) is 0 Å². The molecule has 0 saturated heterocycles. The lowest BCUT2D eigenvalue weighted by atomic mass is 11.5. The van der Waals surface area contributed by atoms with Gasteiger partial charge in [-0.25, -0.2) is 8.42 Å². The zero-order chi connectivity index (χ0) is 9.31. The average Bonchev–Trinajstić information content (AvgIpc) is 2.78. The molecule has 2 rings (SSSR count). The highest BCUT2D eigenvalue weighted by atomic mass is 32.2. The monoisotopic (exact) mass is 202 g/mol. The molecule has 2 heterocycles. The van der Waals surface area contributed by atoms with Crippen molar-refractivity contribution in [3.63, 3.8) is 0 Å². The highest BCUT2D eigenvalue weighted by Crippen LogP contribution is 2.14. The molecule has 2 aromatic rings. The fourth-order valence-corrected chi connectivity index (χ4v) is 1.43. The van der Waals surface area contributed by atoms with E-state index in [9.17, 15) is 8.42 Å². The first-order chi connectivity index (χ1) is 6.21. The quantitative estimate of drug-likeness (QED) is 0.627. The van der Waals surface area contributed by atoms with Crippen molar-refractivity contribution in [1.82, 2.24) is 20.4 Å². The first-order valence-corrected chi connectivity index (χ1v) is 4.47. The molecule has 0 saturated carbocycles. The molecular weight excluding hydrogens is 200 g/mol. The molecule has 0 aliphatic rings. The Bertz CT molecular complexity index is 432. The van der Waals surface area contributed by atoms with E-state index in [1.807, 2.05) is 0 Å². The fourth-order valence-electron chi connectivity index (χ4n) is 0.635. The summed E-state index contributed by atoms with van der Waals surface area (Å²) in [6.45, 7) is 0. The SMILES string of the molecule is O=S(=O)(c1nnco1)c1nnco1. The molecule has 0 N–H and O–H groups in total. The van der Waals surface area contributed by atoms with Gasteiger partial charge < -0.3 is 8.83 Å². The number of aromatic nitrogens is 4. The summed E-state index contributed by atoms with van der Waals surface area (Å²) >= 11 is 0. The maximum Gasteiger partial charge on any atom is 0.345 e. The van der Waals surface area contributed by atoms with E-state index in [0.29, 0.717) is 0 Å². The maximum absolute atomic E-state index is 11.4. The molecule has 0 spiro atoms. The van der Waals surface area contributed by atoms with Crippen LogP contribution in [0.15, 0.2) is 32.1 Å². The first kappa shape index (κ1) is 7.86. The molecule has 0 unspecified atom stereocenters. The van der Waals surface area contributed by atoms with E-state index in [4.69, 9.17) is 0 Å². The van der Waals surface area contributed by atoms with Gasteiger partial charge in [0.2, 0.25) is 12.8 Å². The summed E-state index contributed by atoms with van der Waals surface area (Å²) in [5, 5.41) is 11.7. The van der Waals surface area contributed by atoms with Crippen molar-refractivity contribution in [3.05, 3.63) is 12.8 Å². The van der Waals surface area contributed by atoms with Crippen LogP contribution in [-0.4, -0.2) is 28.8 Å². The van der Waals surface area contributed by atoms with Gasteiger partial charge in [0.05, 0.1) is 0 Å². The van der Waals surface area contributed by atoms with Gasteiger partial charge in [0.1, 0.15) is 0 Å². The molecule has 0 aromatic carbocycles. The number of hydrogen-bond acceptors (Lipinski definition) is 8. The highest BCUT2D eigenvalue weighted by Gasteiger charge is 2.28. The Kier molecular flexibility index (Phi) is 1.59. The van der Waals surface area contributed by atoms with Gasteiger partial charge in [-0.15, -0.1) is 10.2 Å². The average molecular weight is 202 g/mol. The van der Waals surface area contributed by atoms with Crippen LogP contribution in [0, 0.1) is 0 Å². The summed E-state index contributed by atoms with van der Waals surface area (Å²) in [7, 11) is -3.93. The molecule has 0 bridgehead atoms. The lowest BCUT2D eigenvalue weighted by Crippen LogP contribution is -2.02. The summed E-state index contributed by atoms with van der Waals surface area (Å²) in [4.78, 5) is 0. The topological polar surface area (TPSA) is 112 Å². The number of rotatable bonds is 2. The second-order valence-corrected chi connectivity index (χ2v) is 3.62. The van der Waals surface area contributed by atoms with Crippen LogP contribution in [-0.2, 0) is 9.84 Å². The van der Waals surface area contributed by atoms with Gasteiger partial charge in [-0.1, -0.05) is 10.2 Å². The van der Waals surface area contributed by atoms with Crippen molar-refractivity contribution < 1.29 is 17.3 Å². The third-order valence-electron chi connectivity index (χ3n) is 1.14. The van der Waals surface area contributed by atoms with Crippen LogP contribution in [0.3, 0.4) is 0 Å². The molecular formula is C4H2N4O4S. The molecule has 0 fully saturated rings. The normalized spacial score (nSPS) is 11.7. The Morgan fingerprint density at radius 3 is 1.77 bits per heavy atom. The van der Waals surface area contributed by atoms with Gasteiger partial charge in [-0.05, 0) is 0 Å². The van der Waals surface area contributed by atoms with Gasteiger partial charge in [-0.2, -0.15) is 0 Å². The molecule has 0 aliphatic heterocycles. The van der Waals surface area contributed by atoms with Crippen LogP contribution in [0.25, 0.3) is 0 Å². The molecule has 0 amide bonds.